The fraction of sp³-hybridized carbons (Fsp3) is 0. The molecule has 0 aromatic rings. The van der Waals surface area contributed by atoms with Crippen LogP contribution in [0.15, 0.2) is 0 Å². The summed E-state index contributed by atoms with van der Waals surface area (Å²) < 4.78 is 0. The normalized spacial score (nSPS) is 0. The van der Waals surface area contributed by atoms with Crippen LogP contribution in [0.4, 0.5) is 0 Å². The molecule has 48 valence electrons. The summed E-state index contributed by atoms with van der Waals surface area (Å²) in [4.78, 5) is 0. The zero-order valence-electron chi connectivity index (χ0n) is 5.91. The van der Waals surface area contributed by atoms with Crippen molar-refractivity contribution in [3.63, 3.8) is 0 Å². The Bertz CT molecular complexity index is 18.5. The summed E-state index contributed by atoms with van der Waals surface area (Å²) in [5, 5.41) is 0. The van der Waals surface area contributed by atoms with Crippen LogP contribution in [0.5, 0.6) is 0 Å². The van der Waals surface area contributed by atoms with Gasteiger partial charge in [-0.1, -0.05) is 0 Å². The van der Waals surface area contributed by atoms with E-state index in [1.165, 1.54) is 0 Å². The van der Waals surface area contributed by atoms with Gasteiger partial charge in [0.25, 0.3) is 0 Å². The second kappa shape index (κ2) is 70.8. The van der Waals surface area contributed by atoms with E-state index in [9.17, 15) is 0 Å². The first-order valence-electron chi connectivity index (χ1n) is 0. The molecule has 0 atom stereocenters. The van der Waals surface area contributed by atoms with Gasteiger partial charge in [-0.3, -0.25) is 0 Å². The van der Waals surface area contributed by atoms with E-state index in [4.69, 9.17) is 0 Å². The van der Waals surface area contributed by atoms with E-state index in [0.29, 0.717) is 0 Å². The van der Waals surface area contributed by atoms with Crippen molar-refractivity contribution in [2.75, 3.05) is 0 Å². The summed E-state index contributed by atoms with van der Waals surface area (Å²) in [7, 11) is 0. The molecule has 0 aromatic heterocycles. The van der Waals surface area contributed by atoms with Crippen molar-refractivity contribution in [2.24, 2.45) is 0 Å². The van der Waals surface area contributed by atoms with Crippen molar-refractivity contribution in [1.29, 1.82) is 0 Å². The summed E-state index contributed by atoms with van der Waals surface area (Å²) in [6, 6.07) is 0. The molecule has 0 aliphatic carbocycles. The molecular weight excluding hydrogens is 361 g/mol. The maximum absolute atomic E-state index is 0. The minimum Gasteiger partial charge on any atom is -1.00 e. The Morgan fingerprint density at radius 3 is 0.714 bits per heavy atom. The minimum absolute atomic E-state index is 0. The fourth-order valence-corrected chi connectivity index (χ4v) is 0. The van der Waals surface area contributed by atoms with Crippen LogP contribution in [0.1, 0.15) is 2.85 Å². The van der Waals surface area contributed by atoms with Crippen molar-refractivity contribution in [1.82, 2.24) is 0 Å². The average molecular weight is 374 g/mol. The Morgan fingerprint density at radius 2 is 0.714 bits per heavy atom. The van der Waals surface area contributed by atoms with Crippen LogP contribution in [0.25, 0.3) is 0 Å². The molecule has 0 aromatic carbocycles. The van der Waals surface area contributed by atoms with Gasteiger partial charge in [-0.25, -0.2) is 0 Å². The van der Waals surface area contributed by atoms with Crippen molar-refractivity contribution in [3.8, 4) is 0 Å². The molecule has 7 heteroatoms. The van der Waals surface area contributed by atoms with Crippen LogP contribution in [-0.2, 0) is 21.7 Å². The van der Waals surface area contributed by atoms with Gasteiger partial charge in [-0.2, -0.15) is 0 Å². The van der Waals surface area contributed by atoms with Crippen LogP contribution in [0, 0.1) is 0 Å². The van der Waals surface area contributed by atoms with E-state index in [1.54, 1.807) is 0 Å². The summed E-state index contributed by atoms with van der Waals surface area (Å²) >= 11 is 0. The Kier molecular flexibility index (Phi) is 1020. The molecule has 0 radical (unpaired) electrons. The molecular formula is H13BiCaO4Ti. The van der Waals surface area contributed by atoms with Gasteiger partial charge in [0.2, 0.25) is 0 Å². The summed E-state index contributed by atoms with van der Waals surface area (Å²) in [5.41, 5.74) is 0. The smallest absolute Gasteiger partial charge is 1.00 e. The third kappa shape index (κ3) is 53.6. The molecule has 0 amide bonds. The largest absolute Gasteiger partial charge is 2.00 e. The van der Waals surface area contributed by atoms with Crippen molar-refractivity contribution in [3.05, 3.63) is 0 Å². The molecule has 7 heavy (non-hydrogen) atoms. The molecule has 0 aliphatic heterocycles. The first-order valence-corrected chi connectivity index (χ1v) is 0. The number of hydrogen-bond acceptors (Lipinski definition) is 0. The fourth-order valence-electron chi connectivity index (χ4n) is 0. The van der Waals surface area contributed by atoms with Gasteiger partial charge < -0.3 is 24.8 Å². The third-order valence-corrected chi connectivity index (χ3v) is 0. The molecule has 0 fully saturated rings. The van der Waals surface area contributed by atoms with E-state index >= 15 is 0 Å². The van der Waals surface area contributed by atoms with Gasteiger partial charge in [-0.15, -0.1) is 0 Å². The topological polar surface area (TPSA) is 126 Å². The zero-order chi connectivity index (χ0) is 0. The van der Waals surface area contributed by atoms with Crippen LogP contribution in [0.2, 0.25) is 0 Å². The quantitative estimate of drug-likeness (QED) is 0.378. The molecule has 0 heterocycles. The molecule has 0 aliphatic rings. The van der Waals surface area contributed by atoms with E-state index < -0.39 is 0 Å². The zero-order valence-corrected chi connectivity index (χ0v) is 13.2. The molecule has 0 bridgehead atoms. The van der Waals surface area contributed by atoms with Crippen molar-refractivity contribution in [2.45, 2.75) is 0 Å². The summed E-state index contributed by atoms with van der Waals surface area (Å²) in [6.45, 7) is 0. The molecule has 0 saturated heterocycles. The van der Waals surface area contributed by atoms with Crippen LogP contribution < -0.4 is 0 Å². The van der Waals surface area contributed by atoms with Crippen molar-refractivity contribution >= 4 is 63.9 Å². The molecule has 0 spiro atoms. The number of hydrogen-bond donors (Lipinski definition) is 0. The second-order valence-corrected chi connectivity index (χ2v) is 0. The molecule has 8 N–H and O–H groups in total. The van der Waals surface area contributed by atoms with Gasteiger partial charge in [0.05, 0.1) is 0 Å². The van der Waals surface area contributed by atoms with E-state index in [2.05, 4.69) is 0 Å². The number of rotatable bonds is 0. The SMILES string of the molecule is O.O.O.O.[BiH3].[Ca+2].[H-].[H-].[Ti]. The Labute approximate surface area is 109 Å². The Balaban J connectivity index is 0. The molecule has 0 unspecified atom stereocenters. The van der Waals surface area contributed by atoms with Gasteiger partial charge in [-0.05, 0) is 0 Å². The van der Waals surface area contributed by atoms with Crippen LogP contribution in [-0.4, -0.2) is 85.8 Å². The third-order valence-electron chi connectivity index (χ3n) is 0. The molecule has 0 rings (SSSR count). The van der Waals surface area contributed by atoms with Gasteiger partial charge in [0.1, 0.15) is 0 Å². The average Bonchev–Trinajstić information content (AvgIpc) is 0. The van der Waals surface area contributed by atoms with Crippen LogP contribution in [0.3, 0.4) is 0 Å². The van der Waals surface area contributed by atoms with Gasteiger partial charge in [0, 0.05) is 21.7 Å². The maximum Gasteiger partial charge on any atom is 2.00 e. The second-order valence-electron chi connectivity index (χ2n) is 0. The molecule has 0 saturated carbocycles. The van der Waals surface area contributed by atoms with E-state index in [1.807, 2.05) is 0 Å². The van der Waals surface area contributed by atoms with Crippen LogP contribution >= 0.6 is 0 Å². The van der Waals surface area contributed by atoms with E-state index in [0.717, 1.165) is 0 Å². The van der Waals surface area contributed by atoms with E-state index in [-0.39, 0.29) is 110 Å². The summed E-state index contributed by atoms with van der Waals surface area (Å²) in [6.07, 6.45) is 0. The minimum atomic E-state index is 0. The summed E-state index contributed by atoms with van der Waals surface area (Å²) in [5.74, 6) is 0. The Morgan fingerprint density at radius 1 is 0.714 bits per heavy atom. The predicted molar refractivity (Wildman–Crippen MR) is 32.4 cm³/mol. The van der Waals surface area contributed by atoms with Crippen molar-refractivity contribution < 1.29 is 46.5 Å². The molecule has 4 nitrogen and oxygen atoms in total. The first kappa shape index (κ1) is 101. The van der Waals surface area contributed by atoms with Gasteiger partial charge in [0.15, 0.2) is 0 Å². The monoisotopic (exact) mass is 374 g/mol. The Hall–Kier alpha value is 2.70. The predicted octanol–water partition coefficient (Wildman–Crippen LogP) is -4.64. The maximum atomic E-state index is 0. The first-order chi connectivity index (χ1) is 0. The van der Waals surface area contributed by atoms with Gasteiger partial charge >= 0.3 is 63.9 Å². The standard InChI is InChI=1S/Bi.Ca.4H2O.Ti.5H/h;;4*1H2;;;;;;/q;+2;;;;;;;;;2*-1.